The van der Waals surface area contributed by atoms with Gasteiger partial charge in [0.2, 0.25) is 0 Å². The Balaban J connectivity index is 2.45. The van der Waals surface area contributed by atoms with Gasteiger partial charge in [0.25, 0.3) is 8.05 Å². The summed E-state index contributed by atoms with van der Waals surface area (Å²) < 4.78 is 4.75. The van der Waals surface area contributed by atoms with Crippen LogP contribution in [-0.2, 0) is 4.65 Å². The molecule has 0 amide bonds. The second-order valence-corrected chi connectivity index (χ2v) is 3.87. The van der Waals surface area contributed by atoms with E-state index in [1.54, 1.807) is 18.8 Å². The van der Waals surface area contributed by atoms with Crippen LogP contribution in [0.3, 0.4) is 0 Å². The summed E-state index contributed by atoms with van der Waals surface area (Å²) in [7, 11) is 9.78. The highest BCUT2D eigenvalue weighted by Crippen LogP contribution is 2.24. The fourth-order valence-corrected chi connectivity index (χ4v) is 1.41. The van der Waals surface area contributed by atoms with Gasteiger partial charge in [-0.3, -0.25) is 0 Å². The third kappa shape index (κ3) is 7.01. The van der Waals surface area contributed by atoms with E-state index in [0.29, 0.717) is 0 Å². The van der Waals surface area contributed by atoms with E-state index in [9.17, 15) is 0 Å². The molecule has 0 aromatic carbocycles. The normalized spacial score (nSPS) is 9.29. The summed E-state index contributed by atoms with van der Waals surface area (Å²) in [5.74, 6) is 0.963. The Bertz CT molecular complexity index is 34.9. The summed E-state index contributed by atoms with van der Waals surface area (Å²) in [5.41, 5.74) is 0. The molecule has 0 saturated heterocycles. The van der Waals surface area contributed by atoms with Gasteiger partial charge in [0.1, 0.15) is 0 Å². The molecule has 7 heavy (non-hydrogen) atoms. The van der Waals surface area contributed by atoms with Crippen LogP contribution in [0.5, 0.6) is 0 Å². The molecule has 0 aliphatic rings. The van der Waals surface area contributed by atoms with Gasteiger partial charge in [-0.1, -0.05) is 10.8 Å². The Morgan fingerprint density at radius 3 is 2.86 bits per heavy atom. The van der Waals surface area contributed by atoms with Gasteiger partial charge in [-0.2, -0.15) is 0 Å². The van der Waals surface area contributed by atoms with Gasteiger partial charge in [-0.25, -0.2) is 0 Å². The van der Waals surface area contributed by atoms with Crippen molar-refractivity contribution in [3.8, 4) is 0 Å². The first kappa shape index (κ1) is 8.01. The zero-order chi connectivity index (χ0) is 5.54. The predicted molar refractivity (Wildman–Crippen MR) is 40.4 cm³/mol. The lowest BCUT2D eigenvalue weighted by atomic mass is 10.6. The molecule has 0 aliphatic heterocycles. The molecule has 0 spiro atoms. The molecule has 0 bridgehead atoms. The fourth-order valence-electron chi connectivity index (χ4n) is 0.149. The highest BCUT2D eigenvalue weighted by molar-refractivity contribution is 8.85. The molecule has 0 rings (SSSR count). The molecule has 0 radical (unpaired) electrons. The van der Waals surface area contributed by atoms with Gasteiger partial charge in [0.05, 0.1) is 0 Å². The largest absolute Gasteiger partial charge is 0.443 e. The average Bonchev–Trinajstić information content (AvgIpc) is 1.69. The van der Waals surface area contributed by atoms with Gasteiger partial charge >= 0.3 is 0 Å². The second-order valence-electron chi connectivity index (χ2n) is 0.878. The quantitative estimate of drug-likeness (QED) is 0.343. The van der Waals surface area contributed by atoms with Crippen LogP contribution in [0, 0.1) is 0 Å². The smallest absolute Gasteiger partial charge is 0.257 e. The second kappa shape index (κ2) is 7.01. The van der Waals surface area contributed by atoms with E-state index < -0.39 is 0 Å². The van der Waals surface area contributed by atoms with Crippen molar-refractivity contribution < 1.29 is 4.65 Å². The van der Waals surface area contributed by atoms with Crippen LogP contribution >= 0.6 is 31.5 Å². The first-order valence-corrected chi connectivity index (χ1v) is 4.95. The van der Waals surface area contributed by atoms with Gasteiger partial charge in [-0.05, 0) is 10.7 Å². The minimum atomic E-state index is 0.782. The Hall–Kier alpha value is 1.01. The van der Waals surface area contributed by atoms with E-state index in [1.165, 1.54) is 10.0 Å². The minimum Gasteiger partial charge on any atom is -0.443 e. The SMILES string of the molecule is BOCCSSCl. The van der Waals surface area contributed by atoms with Crippen molar-refractivity contribution in [2.24, 2.45) is 0 Å². The van der Waals surface area contributed by atoms with Crippen LogP contribution in [0.4, 0.5) is 0 Å². The number of halogens is 1. The molecule has 0 heterocycles. The lowest BCUT2D eigenvalue weighted by Gasteiger charge is -1.91. The summed E-state index contributed by atoms with van der Waals surface area (Å²) in [5, 5.41) is 0. The average molecular weight is 156 g/mol. The molecule has 0 saturated carbocycles. The number of hydrogen-bond acceptors (Lipinski definition) is 3. The maximum absolute atomic E-state index is 5.26. The number of hydrogen-bond donors (Lipinski definition) is 0. The molecule has 0 fully saturated rings. The van der Waals surface area contributed by atoms with Crippen molar-refractivity contribution >= 4 is 39.5 Å². The number of rotatable bonds is 4. The van der Waals surface area contributed by atoms with Crippen LogP contribution in [0.2, 0.25) is 0 Å². The summed E-state index contributed by atoms with van der Waals surface area (Å²) in [6.07, 6.45) is 0. The van der Waals surface area contributed by atoms with Gasteiger partial charge in [0, 0.05) is 22.4 Å². The Morgan fingerprint density at radius 2 is 2.43 bits per heavy atom. The van der Waals surface area contributed by atoms with Crippen LogP contribution in [-0.4, -0.2) is 20.4 Å². The lowest BCUT2D eigenvalue weighted by molar-refractivity contribution is 0.380. The molecule has 0 aliphatic carbocycles. The maximum atomic E-state index is 5.26. The molecule has 0 N–H and O–H groups in total. The van der Waals surface area contributed by atoms with Crippen molar-refractivity contribution in [1.82, 2.24) is 0 Å². The van der Waals surface area contributed by atoms with E-state index in [2.05, 4.69) is 0 Å². The predicted octanol–water partition coefficient (Wildman–Crippen LogP) is 1.09. The van der Waals surface area contributed by atoms with Crippen LogP contribution in [0.1, 0.15) is 0 Å². The van der Waals surface area contributed by atoms with Crippen molar-refractivity contribution in [1.29, 1.82) is 0 Å². The Labute approximate surface area is 56.9 Å². The Morgan fingerprint density at radius 1 is 1.71 bits per heavy atom. The summed E-state index contributed by atoms with van der Waals surface area (Å²) in [4.78, 5) is 0. The molecule has 0 atom stereocenters. The van der Waals surface area contributed by atoms with Crippen LogP contribution in [0.15, 0.2) is 0 Å². The van der Waals surface area contributed by atoms with E-state index in [4.69, 9.17) is 15.3 Å². The first-order chi connectivity index (χ1) is 3.41. The van der Waals surface area contributed by atoms with E-state index in [0.717, 1.165) is 12.4 Å². The van der Waals surface area contributed by atoms with Crippen LogP contribution in [0.25, 0.3) is 0 Å². The van der Waals surface area contributed by atoms with Crippen molar-refractivity contribution in [3.63, 3.8) is 0 Å². The zero-order valence-corrected chi connectivity index (χ0v) is 6.41. The van der Waals surface area contributed by atoms with Gasteiger partial charge < -0.3 is 4.65 Å². The van der Waals surface area contributed by atoms with Crippen molar-refractivity contribution in [2.45, 2.75) is 0 Å². The first-order valence-electron chi connectivity index (χ1n) is 1.81. The molecule has 42 valence electrons. The molecule has 0 aromatic rings. The standard InChI is InChI=1S/C2H6BClOS2/c3-5-1-2-6-7-4/h1-3H2. The van der Waals surface area contributed by atoms with Crippen LogP contribution < -0.4 is 0 Å². The highest BCUT2D eigenvalue weighted by atomic mass is 35.7. The van der Waals surface area contributed by atoms with E-state index in [-0.39, 0.29) is 0 Å². The topological polar surface area (TPSA) is 9.23 Å². The van der Waals surface area contributed by atoms with E-state index >= 15 is 0 Å². The summed E-state index contributed by atoms with van der Waals surface area (Å²) in [6.45, 7) is 0.782. The Kier molecular flexibility index (Phi) is 8.03. The third-order valence-corrected chi connectivity index (χ3v) is 2.41. The molecular formula is C2H6BClOS2. The highest BCUT2D eigenvalue weighted by Gasteiger charge is 1.81. The lowest BCUT2D eigenvalue weighted by Crippen LogP contribution is -1.89. The molecule has 5 heteroatoms. The zero-order valence-electron chi connectivity index (χ0n) is 4.02. The van der Waals surface area contributed by atoms with Gasteiger partial charge in [0.15, 0.2) is 0 Å². The molecular weight excluding hydrogens is 150 g/mol. The molecule has 1 nitrogen and oxygen atoms in total. The monoisotopic (exact) mass is 156 g/mol. The van der Waals surface area contributed by atoms with Crippen molar-refractivity contribution in [2.75, 3.05) is 12.4 Å². The third-order valence-electron chi connectivity index (χ3n) is 0.415. The molecule has 0 aromatic heterocycles. The fraction of sp³-hybridized carbons (Fsp3) is 1.00. The maximum Gasteiger partial charge on any atom is 0.257 e. The summed E-state index contributed by atoms with van der Waals surface area (Å²) in [6, 6.07) is 0. The van der Waals surface area contributed by atoms with Gasteiger partial charge in [-0.15, -0.1) is 0 Å². The van der Waals surface area contributed by atoms with Crippen molar-refractivity contribution in [3.05, 3.63) is 0 Å². The summed E-state index contributed by atoms with van der Waals surface area (Å²) >= 11 is 0. The molecule has 0 unspecified atom stereocenters. The minimum absolute atomic E-state index is 0.782. The van der Waals surface area contributed by atoms with E-state index in [1.807, 2.05) is 0 Å².